The van der Waals surface area contributed by atoms with Gasteiger partial charge in [0, 0.05) is 19.6 Å². The van der Waals surface area contributed by atoms with Gasteiger partial charge in [-0.2, -0.15) is 4.31 Å². The van der Waals surface area contributed by atoms with Crippen molar-refractivity contribution < 1.29 is 13.2 Å². The maximum atomic E-state index is 13.0. The molecular formula is C21H34N4O3S. The predicted octanol–water partition coefficient (Wildman–Crippen LogP) is 3.09. The van der Waals surface area contributed by atoms with Gasteiger partial charge in [0.25, 0.3) is 0 Å². The second-order valence-corrected chi connectivity index (χ2v) is 9.56. The van der Waals surface area contributed by atoms with Crippen LogP contribution in [0.5, 0.6) is 0 Å². The summed E-state index contributed by atoms with van der Waals surface area (Å²) in [5.41, 5.74) is 1.77. The lowest BCUT2D eigenvalue weighted by Gasteiger charge is -2.26. The Labute approximate surface area is 174 Å². The van der Waals surface area contributed by atoms with Crippen molar-refractivity contribution in [3.05, 3.63) is 24.0 Å². The second-order valence-electron chi connectivity index (χ2n) is 7.62. The van der Waals surface area contributed by atoms with E-state index in [1.165, 1.54) is 4.31 Å². The van der Waals surface area contributed by atoms with Gasteiger partial charge >= 0.3 is 0 Å². The van der Waals surface area contributed by atoms with Crippen LogP contribution in [0.2, 0.25) is 0 Å². The van der Waals surface area contributed by atoms with Gasteiger partial charge in [-0.15, -0.1) is 0 Å². The van der Waals surface area contributed by atoms with Crippen molar-refractivity contribution in [2.24, 2.45) is 0 Å². The maximum Gasteiger partial charge on any atom is 0.243 e. The largest absolute Gasteiger partial charge is 0.379 e. The molecule has 0 amide bonds. The summed E-state index contributed by atoms with van der Waals surface area (Å²) in [7, 11) is -3.52. The molecule has 1 fully saturated rings. The minimum Gasteiger partial charge on any atom is -0.379 e. The number of hydrogen-bond donors (Lipinski definition) is 0. The van der Waals surface area contributed by atoms with Crippen LogP contribution in [0.25, 0.3) is 11.0 Å². The van der Waals surface area contributed by atoms with Crippen molar-refractivity contribution >= 4 is 21.1 Å². The van der Waals surface area contributed by atoms with E-state index in [2.05, 4.69) is 30.2 Å². The fourth-order valence-corrected chi connectivity index (χ4v) is 5.38. The Kier molecular flexibility index (Phi) is 7.67. The van der Waals surface area contributed by atoms with E-state index in [9.17, 15) is 8.42 Å². The molecule has 1 saturated heterocycles. The average Bonchev–Trinajstić information content (AvgIpc) is 3.06. The molecule has 0 spiro atoms. The zero-order chi connectivity index (χ0) is 20.9. The molecular weight excluding hydrogens is 388 g/mol. The normalized spacial score (nSPS) is 16.1. The summed E-state index contributed by atoms with van der Waals surface area (Å²) in [6.45, 7) is 12.0. The first kappa shape index (κ1) is 22.2. The van der Waals surface area contributed by atoms with E-state index >= 15 is 0 Å². The smallest absolute Gasteiger partial charge is 0.243 e. The van der Waals surface area contributed by atoms with E-state index in [-0.39, 0.29) is 0 Å². The number of ether oxygens (including phenoxy) is 1. The van der Waals surface area contributed by atoms with E-state index < -0.39 is 10.0 Å². The minimum atomic E-state index is -3.52. The van der Waals surface area contributed by atoms with Crippen LogP contribution in [0, 0.1) is 0 Å². The number of morpholine rings is 1. The molecule has 2 aromatic rings. The van der Waals surface area contributed by atoms with Crippen LogP contribution in [0.15, 0.2) is 23.1 Å². The van der Waals surface area contributed by atoms with Crippen molar-refractivity contribution in [1.82, 2.24) is 18.8 Å². The lowest BCUT2D eigenvalue weighted by Crippen LogP contribution is -2.40. The molecule has 0 unspecified atom stereocenters. The molecule has 0 atom stereocenters. The van der Waals surface area contributed by atoms with Gasteiger partial charge in [-0.05, 0) is 50.6 Å². The van der Waals surface area contributed by atoms with Crippen LogP contribution in [-0.2, 0) is 27.8 Å². The Bertz CT molecular complexity index is 898. The van der Waals surface area contributed by atoms with Gasteiger partial charge < -0.3 is 9.30 Å². The fraction of sp³-hybridized carbons (Fsp3) is 0.667. The summed E-state index contributed by atoms with van der Waals surface area (Å²) >= 11 is 0. The van der Waals surface area contributed by atoms with Gasteiger partial charge in [0.2, 0.25) is 10.0 Å². The zero-order valence-corrected chi connectivity index (χ0v) is 18.7. The van der Waals surface area contributed by atoms with Crippen LogP contribution >= 0.6 is 0 Å². The third-order valence-corrected chi connectivity index (χ3v) is 7.19. The first-order valence-electron chi connectivity index (χ1n) is 10.8. The summed E-state index contributed by atoms with van der Waals surface area (Å²) in [5, 5.41) is 0. The molecule has 29 heavy (non-hydrogen) atoms. The fourth-order valence-electron chi connectivity index (χ4n) is 3.95. The Morgan fingerprint density at radius 3 is 2.38 bits per heavy atom. The topological polar surface area (TPSA) is 67.7 Å². The van der Waals surface area contributed by atoms with Crippen LogP contribution < -0.4 is 0 Å². The van der Waals surface area contributed by atoms with Gasteiger partial charge in [-0.3, -0.25) is 4.90 Å². The molecule has 8 heteroatoms. The summed E-state index contributed by atoms with van der Waals surface area (Å²) < 4.78 is 35.1. The lowest BCUT2D eigenvalue weighted by molar-refractivity contribution is 0.0730. The van der Waals surface area contributed by atoms with Crippen molar-refractivity contribution in [1.29, 1.82) is 0 Å². The number of imidazole rings is 1. The van der Waals surface area contributed by atoms with Crippen LogP contribution in [0.4, 0.5) is 0 Å². The lowest BCUT2D eigenvalue weighted by atomic mass is 10.3. The molecule has 162 valence electrons. The first-order valence-corrected chi connectivity index (χ1v) is 12.2. The number of rotatable bonds is 10. The van der Waals surface area contributed by atoms with Gasteiger partial charge in [0.1, 0.15) is 5.82 Å². The van der Waals surface area contributed by atoms with Gasteiger partial charge in [-0.25, -0.2) is 13.4 Å². The Hall–Kier alpha value is -1.48. The third kappa shape index (κ3) is 4.99. The highest BCUT2D eigenvalue weighted by Crippen LogP contribution is 2.24. The van der Waals surface area contributed by atoms with E-state index in [1.807, 2.05) is 6.07 Å². The van der Waals surface area contributed by atoms with E-state index in [1.54, 1.807) is 12.1 Å². The van der Waals surface area contributed by atoms with Crippen LogP contribution in [0.1, 0.15) is 45.9 Å². The summed E-state index contributed by atoms with van der Waals surface area (Å²) in [6.07, 6.45) is 3.22. The number of sulfonamides is 1. The van der Waals surface area contributed by atoms with Crippen molar-refractivity contribution in [2.45, 2.75) is 58.0 Å². The Balaban J connectivity index is 1.96. The molecule has 1 aliphatic heterocycles. The molecule has 1 aromatic carbocycles. The van der Waals surface area contributed by atoms with Gasteiger partial charge in [0.15, 0.2) is 0 Å². The molecule has 0 radical (unpaired) electrons. The highest BCUT2D eigenvalue weighted by molar-refractivity contribution is 7.89. The number of nitrogens with zero attached hydrogens (tertiary/aromatic N) is 4. The highest BCUT2D eigenvalue weighted by Gasteiger charge is 2.27. The van der Waals surface area contributed by atoms with E-state index in [0.717, 1.165) is 62.3 Å². The monoisotopic (exact) mass is 422 g/mol. The standard InChI is InChI=1S/C21H34N4O3S/c1-4-9-23(10-5-2)17-21-22-19-16-18(7-8-20(19)25(21)11-6-3)29(26,27)24-12-14-28-15-13-24/h7-8,16H,4-6,9-15,17H2,1-3H3. The first-order chi connectivity index (χ1) is 14.0. The van der Waals surface area contributed by atoms with Crippen molar-refractivity contribution in [2.75, 3.05) is 39.4 Å². The van der Waals surface area contributed by atoms with Crippen LogP contribution in [-0.4, -0.2) is 66.6 Å². The van der Waals surface area contributed by atoms with Crippen molar-refractivity contribution in [3.63, 3.8) is 0 Å². The molecule has 0 saturated carbocycles. The number of aromatic nitrogens is 2. The van der Waals surface area contributed by atoms with Gasteiger partial charge in [-0.1, -0.05) is 20.8 Å². The van der Waals surface area contributed by atoms with Crippen LogP contribution in [0.3, 0.4) is 0 Å². The Morgan fingerprint density at radius 1 is 1.07 bits per heavy atom. The molecule has 0 N–H and O–H groups in total. The number of hydrogen-bond acceptors (Lipinski definition) is 5. The molecule has 0 aliphatic carbocycles. The second kappa shape index (κ2) is 10.0. The minimum absolute atomic E-state index is 0.318. The number of benzene rings is 1. The molecule has 0 bridgehead atoms. The third-order valence-electron chi connectivity index (χ3n) is 5.30. The van der Waals surface area contributed by atoms with Crippen molar-refractivity contribution in [3.8, 4) is 0 Å². The molecule has 1 aromatic heterocycles. The number of fused-ring (bicyclic) bond motifs is 1. The maximum absolute atomic E-state index is 13.0. The van der Waals surface area contributed by atoms with E-state index in [0.29, 0.717) is 31.2 Å². The quantitative estimate of drug-likeness (QED) is 0.589. The SMILES string of the molecule is CCCN(CCC)Cc1nc2cc(S(=O)(=O)N3CCOCC3)ccc2n1CCC. The summed E-state index contributed by atoms with van der Waals surface area (Å²) in [6, 6.07) is 5.37. The highest BCUT2D eigenvalue weighted by atomic mass is 32.2. The molecule has 7 nitrogen and oxygen atoms in total. The Morgan fingerprint density at radius 2 is 1.76 bits per heavy atom. The van der Waals surface area contributed by atoms with E-state index in [4.69, 9.17) is 9.72 Å². The van der Waals surface area contributed by atoms with Gasteiger partial charge in [0.05, 0.1) is 35.7 Å². The zero-order valence-electron chi connectivity index (χ0n) is 17.9. The number of aryl methyl sites for hydroxylation is 1. The predicted molar refractivity (Wildman–Crippen MR) is 115 cm³/mol. The molecule has 1 aliphatic rings. The molecule has 3 rings (SSSR count). The average molecular weight is 423 g/mol. The summed E-state index contributed by atoms with van der Waals surface area (Å²) in [4.78, 5) is 7.62. The molecule has 2 heterocycles. The summed E-state index contributed by atoms with van der Waals surface area (Å²) in [5.74, 6) is 1.02.